The number of rotatable bonds is 5. The first-order chi connectivity index (χ1) is 9.50. The fourth-order valence-electron chi connectivity index (χ4n) is 3.75. The highest BCUT2D eigenvalue weighted by Gasteiger charge is 2.44. The van der Waals surface area contributed by atoms with Crippen LogP contribution in [0, 0.1) is 5.92 Å². The number of amides is 1. The number of nitrogens with zero attached hydrogens (tertiary/aromatic N) is 2. The molecule has 2 fully saturated rings. The third kappa shape index (κ3) is 3.32. The van der Waals surface area contributed by atoms with Gasteiger partial charge in [-0.2, -0.15) is 0 Å². The summed E-state index contributed by atoms with van der Waals surface area (Å²) in [4.78, 5) is 26.8. The normalized spacial score (nSPS) is 30.0. The molecule has 0 bridgehead atoms. The Morgan fingerprint density at radius 2 is 1.95 bits per heavy atom. The smallest absolute Gasteiger partial charge is 0.320 e. The van der Waals surface area contributed by atoms with E-state index in [4.69, 9.17) is 0 Å². The number of carboxylic acid groups (broad SMARTS) is 1. The topological polar surface area (TPSA) is 60.9 Å². The fraction of sp³-hybridized carbons (Fsp3) is 0.867. The second kappa shape index (κ2) is 6.57. The van der Waals surface area contributed by atoms with Crippen molar-refractivity contribution in [2.24, 2.45) is 5.92 Å². The quantitative estimate of drug-likeness (QED) is 0.831. The van der Waals surface area contributed by atoms with E-state index in [-0.39, 0.29) is 11.9 Å². The van der Waals surface area contributed by atoms with Crippen molar-refractivity contribution in [3.05, 3.63) is 0 Å². The maximum Gasteiger partial charge on any atom is 0.320 e. The number of hydrogen-bond acceptors (Lipinski definition) is 3. The molecule has 0 spiro atoms. The van der Waals surface area contributed by atoms with Crippen molar-refractivity contribution in [3.8, 4) is 0 Å². The average molecular weight is 282 g/mol. The molecule has 1 N–H and O–H groups in total. The Kier molecular flexibility index (Phi) is 5.02. The van der Waals surface area contributed by atoms with E-state index in [1.807, 2.05) is 0 Å². The molecule has 5 nitrogen and oxygen atoms in total. The van der Waals surface area contributed by atoms with Crippen LogP contribution in [0.4, 0.5) is 0 Å². The lowest BCUT2D eigenvalue weighted by atomic mass is 9.85. The van der Waals surface area contributed by atoms with Gasteiger partial charge in [0, 0.05) is 26.6 Å². The first-order valence-corrected chi connectivity index (χ1v) is 7.69. The van der Waals surface area contributed by atoms with E-state index in [9.17, 15) is 14.7 Å². The molecule has 5 heteroatoms. The van der Waals surface area contributed by atoms with E-state index in [0.29, 0.717) is 18.4 Å². The minimum Gasteiger partial charge on any atom is -0.480 e. The van der Waals surface area contributed by atoms with Gasteiger partial charge in [-0.25, -0.2) is 0 Å². The first kappa shape index (κ1) is 15.3. The molecule has 1 saturated heterocycles. The van der Waals surface area contributed by atoms with E-state index in [2.05, 4.69) is 4.90 Å². The number of aliphatic carboxylic acids is 1. The van der Waals surface area contributed by atoms with Gasteiger partial charge < -0.3 is 10.0 Å². The maximum atomic E-state index is 11.6. The Bertz CT molecular complexity index is 370. The Morgan fingerprint density at radius 1 is 1.25 bits per heavy atom. The van der Waals surface area contributed by atoms with Crippen LogP contribution in [0.3, 0.4) is 0 Å². The lowest BCUT2D eigenvalue weighted by molar-refractivity contribution is -0.142. The standard InChI is InChI=1S/C15H26N2O3/c1-16(2)14(18)8-5-9-17-12-7-4-3-6-11(12)10-13(17)15(19)20/h11-13H,3-10H2,1-2H3,(H,19,20). The summed E-state index contributed by atoms with van der Waals surface area (Å²) in [5.41, 5.74) is 0. The van der Waals surface area contributed by atoms with Gasteiger partial charge in [-0.1, -0.05) is 12.8 Å². The Balaban J connectivity index is 1.92. The van der Waals surface area contributed by atoms with Crippen LogP contribution in [0.5, 0.6) is 0 Å². The van der Waals surface area contributed by atoms with Crippen molar-refractivity contribution < 1.29 is 14.7 Å². The largest absolute Gasteiger partial charge is 0.480 e. The molecule has 1 aliphatic carbocycles. The highest BCUT2D eigenvalue weighted by molar-refractivity contribution is 5.75. The lowest BCUT2D eigenvalue weighted by Crippen LogP contribution is -2.43. The van der Waals surface area contributed by atoms with E-state index < -0.39 is 5.97 Å². The number of carbonyl (C=O) groups is 2. The summed E-state index contributed by atoms with van der Waals surface area (Å²) in [6, 6.07) is 0.0943. The van der Waals surface area contributed by atoms with Gasteiger partial charge in [0.2, 0.25) is 5.91 Å². The van der Waals surface area contributed by atoms with E-state index in [1.165, 1.54) is 19.3 Å². The third-order valence-corrected chi connectivity index (χ3v) is 4.81. The second-order valence-electron chi connectivity index (χ2n) is 6.33. The molecule has 0 aromatic carbocycles. The van der Waals surface area contributed by atoms with E-state index >= 15 is 0 Å². The van der Waals surface area contributed by atoms with Crippen LogP contribution in [0.25, 0.3) is 0 Å². The fourth-order valence-corrected chi connectivity index (χ4v) is 3.75. The highest BCUT2D eigenvalue weighted by atomic mass is 16.4. The summed E-state index contributed by atoms with van der Waals surface area (Å²) in [5.74, 6) is -0.0241. The van der Waals surface area contributed by atoms with Gasteiger partial charge in [0.15, 0.2) is 0 Å². The molecule has 3 atom stereocenters. The molecule has 0 radical (unpaired) electrons. The summed E-state index contributed by atoms with van der Waals surface area (Å²) in [7, 11) is 3.52. The zero-order valence-electron chi connectivity index (χ0n) is 12.5. The molecular formula is C15H26N2O3. The van der Waals surface area contributed by atoms with Gasteiger partial charge in [0.1, 0.15) is 6.04 Å². The maximum absolute atomic E-state index is 11.6. The molecule has 3 unspecified atom stereocenters. The molecule has 1 aliphatic heterocycles. The summed E-state index contributed by atoms with van der Waals surface area (Å²) >= 11 is 0. The van der Waals surface area contributed by atoms with Crippen LogP contribution in [0.1, 0.15) is 44.9 Å². The first-order valence-electron chi connectivity index (χ1n) is 7.69. The molecule has 0 aromatic rings. The van der Waals surface area contributed by atoms with Crippen molar-refractivity contribution in [2.75, 3.05) is 20.6 Å². The van der Waals surface area contributed by atoms with Crippen LogP contribution in [0.15, 0.2) is 0 Å². The molecule has 2 aliphatic rings. The average Bonchev–Trinajstić information content (AvgIpc) is 2.78. The number of carboxylic acids is 1. The number of fused-ring (bicyclic) bond motifs is 1. The van der Waals surface area contributed by atoms with Crippen molar-refractivity contribution in [2.45, 2.75) is 57.0 Å². The van der Waals surface area contributed by atoms with Crippen LogP contribution in [0.2, 0.25) is 0 Å². The van der Waals surface area contributed by atoms with Gasteiger partial charge in [0.05, 0.1) is 0 Å². The van der Waals surface area contributed by atoms with Gasteiger partial charge in [-0.15, -0.1) is 0 Å². The molecule has 2 rings (SSSR count). The summed E-state index contributed by atoms with van der Waals surface area (Å²) in [6.07, 6.45) is 6.79. The minimum absolute atomic E-state index is 0.122. The Morgan fingerprint density at radius 3 is 2.60 bits per heavy atom. The summed E-state index contributed by atoms with van der Waals surface area (Å²) in [5, 5.41) is 9.41. The van der Waals surface area contributed by atoms with Crippen molar-refractivity contribution in [1.29, 1.82) is 0 Å². The van der Waals surface area contributed by atoms with Crippen molar-refractivity contribution >= 4 is 11.9 Å². The molecule has 114 valence electrons. The monoisotopic (exact) mass is 282 g/mol. The van der Waals surface area contributed by atoms with Gasteiger partial charge >= 0.3 is 5.97 Å². The number of hydrogen-bond donors (Lipinski definition) is 1. The third-order valence-electron chi connectivity index (χ3n) is 4.81. The SMILES string of the molecule is CN(C)C(=O)CCCN1C(C(=O)O)CC2CCCCC21. The Hall–Kier alpha value is -1.10. The number of carbonyl (C=O) groups excluding carboxylic acids is 1. The van der Waals surface area contributed by atoms with E-state index in [0.717, 1.165) is 25.8 Å². The molecule has 1 amide bonds. The summed E-state index contributed by atoms with van der Waals surface area (Å²) < 4.78 is 0. The van der Waals surface area contributed by atoms with Crippen LogP contribution >= 0.6 is 0 Å². The molecular weight excluding hydrogens is 256 g/mol. The zero-order valence-corrected chi connectivity index (χ0v) is 12.5. The lowest BCUT2D eigenvalue weighted by Gasteiger charge is -2.33. The van der Waals surface area contributed by atoms with E-state index in [1.54, 1.807) is 19.0 Å². The molecule has 1 heterocycles. The predicted molar refractivity (Wildman–Crippen MR) is 76.4 cm³/mol. The van der Waals surface area contributed by atoms with Crippen LogP contribution in [-0.2, 0) is 9.59 Å². The highest BCUT2D eigenvalue weighted by Crippen LogP contribution is 2.39. The van der Waals surface area contributed by atoms with Crippen LogP contribution < -0.4 is 0 Å². The molecule has 20 heavy (non-hydrogen) atoms. The molecule has 1 saturated carbocycles. The van der Waals surface area contributed by atoms with Crippen LogP contribution in [-0.4, -0.2) is 59.5 Å². The summed E-state index contributed by atoms with van der Waals surface area (Å²) in [6.45, 7) is 0.734. The number of likely N-dealkylation sites (tertiary alicyclic amines) is 1. The van der Waals surface area contributed by atoms with Gasteiger partial charge in [0.25, 0.3) is 0 Å². The minimum atomic E-state index is -0.696. The van der Waals surface area contributed by atoms with Crippen molar-refractivity contribution in [1.82, 2.24) is 9.80 Å². The Labute approximate surface area is 120 Å². The zero-order chi connectivity index (χ0) is 14.7. The second-order valence-corrected chi connectivity index (χ2v) is 6.33. The predicted octanol–water partition coefficient (Wildman–Crippen LogP) is 1.57. The van der Waals surface area contributed by atoms with Crippen molar-refractivity contribution in [3.63, 3.8) is 0 Å². The van der Waals surface area contributed by atoms with Gasteiger partial charge in [-0.05, 0) is 38.1 Å². The van der Waals surface area contributed by atoms with Gasteiger partial charge in [-0.3, -0.25) is 14.5 Å². The molecule has 0 aromatic heterocycles.